The fourth-order valence-electron chi connectivity index (χ4n) is 4.10. The normalized spacial score (nSPS) is 15.0. The van der Waals surface area contributed by atoms with Crippen molar-refractivity contribution in [3.8, 4) is 11.1 Å². The Bertz CT molecular complexity index is 1000. The molecule has 0 radical (unpaired) electrons. The highest BCUT2D eigenvalue weighted by atomic mass is 16.2. The molecule has 3 aromatic rings. The second kappa shape index (κ2) is 8.84. The molecule has 30 heavy (non-hydrogen) atoms. The smallest absolute Gasteiger partial charge is 0.270 e. The van der Waals surface area contributed by atoms with Crippen LogP contribution in [0, 0.1) is 6.92 Å². The van der Waals surface area contributed by atoms with E-state index in [1.165, 1.54) is 11.1 Å². The zero-order chi connectivity index (χ0) is 21.1. The van der Waals surface area contributed by atoms with Gasteiger partial charge >= 0.3 is 0 Å². The van der Waals surface area contributed by atoms with Gasteiger partial charge in [0.15, 0.2) is 0 Å². The quantitative estimate of drug-likeness (QED) is 0.646. The van der Waals surface area contributed by atoms with Crippen LogP contribution in [0.3, 0.4) is 0 Å². The highest BCUT2D eigenvalue weighted by Gasteiger charge is 2.26. The van der Waals surface area contributed by atoms with E-state index in [1.807, 2.05) is 23.1 Å². The van der Waals surface area contributed by atoms with E-state index < -0.39 is 0 Å². The van der Waals surface area contributed by atoms with E-state index in [1.54, 1.807) is 12.4 Å². The molecule has 0 saturated carbocycles. The molecule has 0 aliphatic carbocycles. The molecule has 5 heteroatoms. The van der Waals surface area contributed by atoms with Gasteiger partial charge in [0.05, 0.1) is 0 Å². The Morgan fingerprint density at radius 3 is 2.37 bits per heavy atom. The standard InChI is InChI=1S/C25H30N4O/c1-19(2)27-12-14-28(15-13-27)25(30)24-16-23(21-8-10-26-11-9-21)18-29(24)17-22-7-5-4-6-20(22)3/h4-11,16,18-19H,12-15,17H2,1-3H3. The van der Waals surface area contributed by atoms with Crippen LogP contribution in [0.15, 0.2) is 61.1 Å². The maximum atomic E-state index is 13.5. The predicted molar refractivity (Wildman–Crippen MR) is 121 cm³/mol. The van der Waals surface area contributed by atoms with Gasteiger partial charge in [-0.2, -0.15) is 0 Å². The number of aromatic nitrogens is 2. The van der Waals surface area contributed by atoms with Crippen molar-refractivity contribution >= 4 is 5.91 Å². The average molecular weight is 403 g/mol. The molecule has 1 aliphatic rings. The topological polar surface area (TPSA) is 41.4 Å². The van der Waals surface area contributed by atoms with E-state index >= 15 is 0 Å². The summed E-state index contributed by atoms with van der Waals surface area (Å²) in [5.41, 5.74) is 5.35. The van der Waals surface area contributed by atoms with Gasteiger partial charge in [-0.05, 0) is 55.7 Å². The van der Waals surface area contributed by atoms with Gasteiger partial charge in [0, 0.05) is 62.9 Å². The number of pyridine rings is 1. The minimum absolute atomic E-state index is 0.118. The lowest BCUT2D eigenvalue weighted by atomic mass is 10.1. The summed E-state index contributed by atoms with van der Waals surface area (Å²) in [6.07, 6.45) is 5.68. The molecule has 1 aromatic carbocycles. The largest absolute Gasteiger partial charge is 0.338 e. The van der Waals surface area contributed by atoms with Crippen LogP contribution >= 0.6 is 0 Å². The molecule has 1 saturated heterocycles. The molecular formula is C25H30N4O. The molecule has 1 amide bonds. The molecule has 3 heterocycles. The van der Waals surface area contributed by atoms with Crippen LogP contribution in [-0.2, 0) is 6.54 Å². The van der Waals surface area contributed by atoms with Crippen LogP contribution in [0.25, 0.3) is 11.1 Å². The summed E-state index contributed by atoms with van der Waals surface area (Å²) in [7, 11) is 0. The van der Waals surface area contributed by atoms with Gasteiger partial charge in [0.2, 0.25) is 0 Å². The molecule has 2 aromatic heterocycles. The Morgan fingerprint density at radius 1 is 1.00 bits per heavy atom. The SMILES string of the molecule is Cc1ccccc1Cn1cc(-c2ccncc2)cc1C(=O)N1CCN(C(C)C)CC1. The Labute approximate surface area is 179 Å². The van der Waals surface area contributed by atoms with E-state index in [0.29, 0.717) is 12.6 Å². The van der Waals surface area contributed by atoms with Gasteiger partial charge in [-0.25, -0.2) is 0 Å². The number of amides is 1. The zero-order valence-corrected chi connectivity index (χ0v) is 18.1. The van der Waals surface area contributed by atoms with Crippen molar-refractivity contribution in [3.63, 3.8) is 0 Å². The summed E-state index contributed by atoms with van der Waals surface area (Å²) >= 11 is 0. The van der Waals surface area contributed by atoms with Crippen molar-refractivity contribution < 1.29 is 4.79 Å². The maximum absolute atomic E-state index is 13.5. The highest BCUT2D eigenvalue weighted by Crippen LogP contribution is 2.24. The van der Waals surface area contributed by atoms with Gasteiger partial charge in [0.25, 0.3) is 5.91 Å². The lowest BCUT2D eigenvalue weighted by molar-refractivity contribution is 0.0586. The summed E-state index contributed by atoms with van der Waals surface area (Å²) in [6, 6.07) is 14.9. The van der Waals surface area contributed by atoms with E-state index in [0.717, 1.165) is 43.0 Å². The molecule has 5 nitrogen and oxygen atoms in total. The maximum Gasteiger partial charge on any atom is 0.270 e. The first-order chi connectivity index (χ1) is 14.5. The third-order valence-corrected chi connectivity index (χ3v) is 6.06. The summed E-state index contributed by atoms with van der Waals surface area (Å²) in [6.45, 7) is 10.6. The number of piperazine rings is 1. The minimum atomic E-state index is 0.118. The molecule has 0 atom stereocenters. The van der Waals surface area contributed by atoms with Crippen LogP contribution in [0.2, 0.25) is 0 Å². The van der Waals surface area contributed by atoms with Crippen LogP contribution in [-0.4, -0.2) is 57.5 Å². The van der Waals surface area contributed by atoms with Crippen LogP contribution in [0.5, 0.6) is 0 Å². The summed E-state index contributed by atoms with van der Waals surface area (Å²) in [5.74, 6) is 0.118. The summed E-state index contributed by atoms with van der Waals surface area (Å²) < 4.78 is 2.11. The first-order valence-electron chi connectivity index (χ1n) is 10.7. The number of benzene rings is 1. The molecule has 156 valence electrons. The number of nitrogens with zero attached hydrogens (tertiary/aromatic N) is 4. The first-order valence-corrected chi connectivity index (χ1v) is 10.7. The van der Waals surface area contributed by atoms with Gasteiger partial charge in [0.1, 0.15) is 5.69 Å². The predicted octanol–water partition coefficient (Wildman–Crippen LogP) is 4.07. The Morgan fingerprint density at radius 2 is 1.70 bits per heavy atom. The molecule has 0 spiro atoms. The lowest BCUT2D eigenvalue weighted by Crippen LogP contribution is -2.51. The molecule has 0 unspecified atom stereocenters. The fourth-order valence-corrected chi connectivity index (χ4v) is 4.10. The molecule has 1 aliphatic heterocycles. The second-order valence-electron chi connectivity index (χ2n) is 8.33. The van der Waals surface area contributed by atoms with Crippen molar-refractivity contribution in [3.05, 3.63) is 77.9 Å². The average Bonchev–Trinajstić information content (AvgIpc) is 3.19. The summed E-state index contributed by atoms with van der Waals surface area (Å²) in [4.78, 5) is 22.0. The second-order valence-corrected chi connectivity index (χ2v) is 8.33. The third kappa shape index (κ3) is 4.31. The Kier molecular flexibility index (Phi) is 6.00. The summed E-state index contributed by atoms with van der Waals surface area (Å²) in [5, 5.41) is 0. The van der Waals surface area contributed by atoms with E-state index in [4.69, 9.17) is 0 Å². The number of hydrogen-bond acceptors (Lipinski definition) is 3. The van der Waals surface area contributed by atoms with E-state index in [2.05, 4.69) is 65.7 Å². The first kappa shape index (κ1) is 20.4. The minimum Gasteiger partial charge on any atom is -0.338 e. The van der Waals surface area contributed by atoms with Crippen LogP contribution in [0.4, 0.5) is 0 Å². The number of aryl methyl sites for hydroxylation is 1. The van der Waals surface area contributed by atoms with Gasteiger partial charge < -0.3 is 9.47 Å². The third-order valence-electron chi connectivity index (χ3n) is 6.06. The molecule has 0 bridgehead atoms. The molecular weight excluding hydrogens is 372 g/mol. The number of rotatable bonds is 5. The van der Waals surface area contributed by atoms with Crippen molar-refractivity contribution in [2.75, 3.05) is 26.2 Å². The fraction of sp³-hybridized carbons (Fsp3) is 0.360. The van der Waals surface area contributed by atoms with Crippen molar-refractivity contribution in [1.82, 2.24) is 19.4 Å². The van der Waals surface area contributed by atoms with Crippen LogP contribution < -0.4 is 0 Å². The molecule has 1 fully saturated rings. The van der Waals surface area contributed by atoms with Crippen molar-refractivity contribution in [2.24, 2.45) is 0 Å². The highest BCUT2D eigenvalue weighted by molar-refractivity contribution is 5.94. The van der Waals surface area contributed by atoms with Gasteiger partial charge in [-0.1, -0.05) is 24.3 Å². The van der Waals surface area contributed by atoms with Crippen molar-refractivity contribution in [1.29, 1.82) is 0 Å². The van der Waals surface area contributed by atoms with E-state index in [9.17, 15) is 4.79 Å². The molecule has 0 N–H and O–H groups in total. The lowest BCUT2D eigenvalue weighted by Gasteiger charge is -2.37. The monoisotopic (exact) mass is 402 g/mol. The number of carbonyl (C=O) groups is 1. The Balaban J connectivity index is 1.64. The van der Waals surface area contributed by atoms with Crippen LogP contribution in [0.1, 0.15) is 35.5 Å². The van der Waals surface area contributed by atoms with E-state index in [-0.39, 0.29) is 5.91 Å². The van der Waals surface area contributed by atoms with Gasteiger partial charge in [-0.15, -0.1) is 0 Å². The van der Waals surface area contributed by atoms with Gasteiger partial charge in [-0.3, -0.25) is 14.7 Å². The number of carbonyl (C=O) groups excluding carboxylic acids is 1. The van der Waals surface area contributed by atoms with Crippen molar-refractivity contribution in [2.45, 2.75) is 33.4 Å². The zero-order valence-electron chi connectivity index (χ0n) is 18.1. The number of hydrogen-bond donors (Lipinski definition) is 0. The Hall–Kier alpha value is -2.92. The molecule has 4 rings (SSSR count).